The van der Waals surface area contributed by atoms with Gasteiger partial charge in [-0.3, -0.25) is 10.2 Å². The van der Waals surface area contributed by atoms with E-state index in [9.17, 15) is 4.79 Å². The number of carbonyl (C=O) groups is 1. The summed E-state index contributed by atoms with van der Waals surface area (Å²) in [6.07, 6.45) is 4.76. The van der Waals surface area contributed by atoms with Crippen LogP contribution in [-0.4, -0.2) is 19.1 Å². The molecule has 3 N–H and O–H groups in total. The van der Waals surface area contributed by atoms with Crippen LogP contribution in [0.4, 0.5) is 0 Å². The van der Waals surface area contributed by atoms with E-state index in [0.717, 1.165) is 5.56 Å². The number of methoxy groups -OCH3 is 1. The highest BCUT2D eigenvalue weighted by atomic mass is 16.5. The van der Waals surface area contributed by atoms with Crippen molar-refractivity contribution in [1.29, 1.82) is 0 Å². The highest BCUT2D eigenvalue weighted by Gasteiger charge is 2.11. The third-order valence-electron chi connectivity index (χ3n) is 2.81. The van der Waals surface area contributed by atoms with E-state index in [0.29, 0.717) is 24.3 Å². The lowest BCUT2D eigenvalue weighted by Crippen LogP contribution is -2.30. The van der Waals surface area contributed by atoms with Crippen molar-refractivity contribution < 1.29 is 14.3 Å². The van der Waals surface area contributed by atoms with Crippen LogP contribution in [0.25, 0.3) is 6.08 Å². The zero-order valence-corrected chi connectivity index (χ0v) is 12.2. The summed E-state index contributed by atoms with van der Waals surface area (Å²) in [7, 11) is 1.61. The molecule has 0 radical (unpaired) electrons. The molecular formula is C15H22N2O3. The average molecular weight is 278 g/mol. The van der Waals surface area contributed by atoms with Gasteiger partial charge in [0.25, 0.3) is 0 Å². The number of hydrazine groups is 1. The van der Waals surface area contributed by atoms with E-state index in [2.05, 4.69) is 5.43 Å². The van der Waals surface area contributed by atoms with Gasteiger partial charge in [0.2, 0.25) is 5.91 Å². The van der Waals surface area contributed by atoms with Gasteiger partial charge in [-0.05, 0) is 38.0 Å². The van der Waals surface area contributed by atoms with Gasteiger partial charge in [0.05, 0.1) is 13.2 Å². The molecule has 0 aliphatic rings. The van der Waals surface area contributed by atoms with E-state index in [1.807, 2.05) is 44.2 Å². The summed E-state index contributed by atoms with van der Waals surface area (Å²) in [6.45, 7) is 3.87. The Balaban J connectivity index is 2.68. The van der Waals surface area contributed by atoms with Gasteiger partial charge in [0, 0.05) is 6.42 Å². The quantitative estimate of drug-likeness (QED) is 0.456. The molecule has 0 saturated carbocycles. The summed E-state index contributed by atoms with van der Waals surface area (Å²) in [4.78, 5) is 11.1. The van der Waals surface area contributed by atoms with Gasteiger partial charge in [-0.1, -0.05) is 18.2 Å². The summed E-state index contributed by atoms with van der Waals surface area (Å²) in [5.41, 5.74) is 3.15. The molecule has 5 heteroatoms. The minimum absolute atomic E-state index is 0.103. The van der Waals surface area contributed by atoms with Gasteiger partial charge in [-0.15, -0.1) is 0 Å². The fourth-order valence-electron chi connectivity index (χ4n) is 1.76. The molecule has 1 atom stereocenters. The Morgan fingerprint density at radius 1 is 1.45 bits per heavy atom. The largest absolute Gasteiger partial charge is 0.493 e. The maximum absolute atomic E-state index is 11.1. The summed E-state index contributed by atoms with van der Waals surface area (Å²) >= 11 is 0. The van der Waals surface area contributed by atoms with Crippen LogP contribution < -0.4 is 20.7 Å². The molecule has 0 spiro atoms. The van der Waals surface area contributed by atoms with Crippen molar-refractivity contribution in [2.45, 2.75) is 32.8 Å². The first kappa shape index (κ1) is 16.0. The van der Waals surface area contributed by atoms with Gasteiger partial charge in [-0.2, -0.15) is 0 Å². The molecule has 1 aromatic rings. The molecule has 0 aliphatic heterocycles. The lowest BCUT2D eigenvalue weighted by molar-refractivity contribution is -0.121. The Labute approximate surface area is 119 Å². The van der Waals surface area contributed by atoms with Crippen LogP contribution in [0, 0.1) is 0 Å². The molecule has 0 saturated heterocycles. The van der Waals surface area contributed by atoms with E-state index < -0.39 is 0 Å². The van der Waals surface area contributed by atoms with Gasteiger partial charge in [0.15, 0.2) is 11.5 Å². The maximum Gasteiger partial charge on any atom is 0.234 e. The SMILES string of the molecule is CC=Cc1ccc(OC(C)CCC(=O)NN)c(OC)c1. The highest BCUT2D eigenvalue weighted by Crippen LogP contribution is 2.29. The van der Waals surface area contributed by atoms with Crippen LogP contribution in [-0.2, 0) is 4.79 Å². The van der Waals surface area contributed by atoms with Crippen LogP contribution in [0.1, 0.15) is 32.3 Å². The number of amides is 1. The fourth-order valence-corrected chi connectivity index (χ4v) is 1.76. The summed E-state index contributed by atoms with van der Waals surface area (Å²) < 4.78 is 11.1. The zero-order valence-electron chi connectivity index (χ0n) is 12.2. The summed E-state index contributed by atoms with van der Waals surface area (Å²) in [5.74, 6) is 6.18. The summed E-state index contributed by atoms with van der Waals surface area (Å²) in [5, 5.41) is 0. The topological polar surface area (TPSA) is 73.6 Å². The van der Waals surface area contributed by atoms with Crippen LogP contribution in [0.3, 0.4) is 0 Å². The van der Waals surface area contributed by atoms with E-state index in [1.54, 1.807) is 7.11 Å². The van der Waals surface area contributed by atoms with Crippen molar-refractivity contribution in [1.82, 2.24) is 5.43 Å². The Morgan fingerprint density at radius 2 is 2.20 bits per heavy atom. The minimum atomic E-state index is -0.198. The number of carbonyl (C=O) groups excluding carboxylic acids is 1. The maximum atomic E-state index is 11.1. The second-order valence-corrected chi connectivity index (χ2v) is 4.44. The number of ether oxygens (including phenoxy) is 2. The molecule has 1 unspecified atom stereocenters. The first-order valence-corrected chi connectivity index (χ1v) is 6.57. The number of benzene rings is 1. The predicted octanol–water partition coefficient (Wildman–Crippen LogP) is 2.27. The monoisotopic (exact) mass is 278 g/mol. The van der Waals surface area contributed by atoms with Gasteiger partial charge >= 0.3 is 0 Å². The first-order valence-electron chi connectivity index (χ1n) is 6.57. The number of allylic oxidation sites excluding steroid dienone is 1. The average Bonchev–Trinajstić information content (AvgIpc) is 2.46. The van der Waals surface area contributed by atoms with Crippen LogP contribution in [0.2, 0.25) is 0 Å². The molecule has 1 rings (SSSR count). The van der Waals surface area contributed by atoms with Crippen molar-refractivity contribution in [3.05, 3.63) is 29.8 Å². The minimum Gasteiger partial charge on any atom is -0.493 e. The second kappa shape index (κ2) is 8.22. The number of nitrogens with two attached hydrogens (primary N) is 1. The number of hydrogen-bond acceptors (Lipinski definition) is 4. The second-order valence-electron chi connectivity index (χ2n) is 4.44. The van der Waals surface area contributed by atoms with Crippen LogP contribution >= 0.6 is 0 Å². The summed E-state index contributed by atoms with van der Waals surface area (Å²) in [6, 6.07) is 5.74. The Bertz CT molecular complexity index is 472. The Kier molecular flexibility index (Phi) is 6.59. The zero-order chi connectivity index (χ0) is 15.0. The van der Waals surface area contributed by atoms with Gasteiger partial charge < -0.3 is 9.47 Å². The molecule has 0 heterocycles. The van der Waals surface area contributed by atoms with Crippen molar-refractivity contribution in [3.63, 3.8) is 0 Å². The smallest absolute Gasteiger partial charge is 0.234 e. The number of rotatable bonds is 7. The van der Waals surface area contributed by atoms with Crippen molar-refractivity contribution in [3.8, 4) is 11.5 Å². The normalized spacial score (nSPS) is 12.2. The van der Waals surface area contributed by atoms with Gasteiger partial charge in [-0.25, -0.2) is 5.84 Å². The Hall–Kier alpha value is -2.01. The van der Waals surface area contributed by atoms with Crippen LogP contribution in [0.15, 0.2) is 24.3 Å². The fraction of sp³-hybridized carbons (Fsp3) is 0.400. The van der Waals surface area contributed by atoms with E-state index in [4.69, 9.17) is 15.3 Å². The lowest BCUT2D eigenvalue weighted by Gasteiger charge is -2.17. The van der Waals surface area contributed by atoms with Crippen molar-refractivity contribution in [2.75, 3.05) is 7.11 Å². The first-order chi connectivity index (χ1) is 9.60. The molecule has 1 amide bonds. The number of hydrogen-bond donors (Lipinski definition) is 2. The van der Waals surface area contributed by atoms with Gasteiger partial charge in [0.1, 0.15) is 0 Å². The molecule has 0 aromatic heterocycles. The molecule has 1 aromatic carbocycles. The predicted molar refractivity (Wildman–Crippen MR) is 79.4 cm³/mol. The highest BCUT2D eigenvalue weighted by molar-refractivity contribution is 5.75. The molecular weight excluding hydrogens is 256 g/mol. The van der Waals surface area contributed by atoms with Crippen molar-refractivity contribution >= 4 is 12.0 Å². The molecule has 0 fully saturated rings. The molecule has 5 nitrogen and oxygen atoms in total. The number of nitrogens with one attached hydrogen (secondary N) is 1. The van der Waals surface area contributed by atoms with E-state index in [-0.39, 0.29) is 12.0 Å². The molecule has 110 valence electrons. The van der Waals surface area contributed by atoms with E-state index in [1.165, 1.54) is 0 Å². The molecule has 20 heavy (non-hydrogen) atoms. The third kappa shape index (κ3) is 4.93. The lowest BCUT2D eigenvalue weighted by atomic mass is 10.1. The van der Waals surface area contributed by atoms with E-state index >= 15 is 0 Å². The van der Waals surface area contributed by atoms with Crippen LogP contribution in [0.5, 0.6) is 11.5 Å². The molecule has 0 bridgehead atoms. The molecule has 0 aliphatic carbocycles. The third-order valence-corrected chi connectivity index (χ3v) is 2.81. The standard InChI is InChI=1S/C15H22N2O3/c1-4-5-12-7-8-13(14(10-12)19-3)20-11(2)6-9-15(18)17-16/h4-5,7-8,10-11H,6,9,16H2,1-3H3,(H,17,18). The Morgan fingerprint density at radius 3 is 2.80 bits per heavy atom. The van der Waals surface area contributed by atoms with Crippen molar-refractivity contribution in [2.24, 2.45) is 5.84 Å².